The molecule has 3 rings (SSSR count). The first-order valence-corrected chi connectivity index (χ1v) is 6.62. The molecule has 0 saturated heterocycles. The van der Waals surface area contributed by atoms with E-state index >= 15 is 0 Å². The molecule has 0 amide bonds. The summed E-state index contributed by atoms with van der Waals surface area (Å²) in [6.45, 7) is 0. The van der Waals surface area contributed by atoms with Crippen molar-refractivity contribution >= 4 is 5.84 Å². The maximum atomic E-state index is 5.78. The molecular weight excluding hydrogens is 226 g/mol. The van der Waals surface area contributed by atoms with Gasteiger partial charge in [-0.05, 0) is 12.8 Å². The van der Waals surface area contributed by atoms with Crippen molar-refractivity contribution in [2.75, 3.05) is 7.05 Å². The molecule has 96 valence electrons. The van der Waals surface area contributed by atoms with Crippen LogP contribution in [-0.2, 0) is 4.84 Å². The van der Waals surface area contributed by atoms with Gasteiger partial charge in [0.15, 0.2) is 5.84 Å². The van der Waals surface area contributed by atoms with E-state index in [4.69, 9.17) is 4.84 Å². The first-order chi connectivity index (χ1) is 8.79. The quantitative estimate of drug-likeness (QED) is 0.826. The van der Waals surface area contributed by atoms with Gasteiger partial charge in [-0.2, -0.15) is 5.43 Å². The number of oxime groups is 1. The lowest BCUT2D eigenvalue weighted by atomic mass is 9.92. The van der Waals surface area contributed by atoms with Crippen molar-refractivity contribution in [3.8, 4) is 0 Å². The van der Waals surface area contributed by atoms with E-state index in [9.17, 15) is 0 Å². The first kappa shape index (κ1) is 11.5. The molecule has 1 spiro atoms. The molecule has 1 aliphatic heterocycles. The molecular formula is C14H19N3O. The zero-order valence-corrected chi connectivity index (χ0v) is 10.7. The number of benzene rings is 1. The van der Waals surface area contributed by atoms with Gasteiger partial charge >= 0.3 is 0 Å². The van der Waals surface area contributed by atoms with Crippen LogP contribution in [0.4, 0.5) is 0 Å². The van der Waals surface area contributed by atoms with Crippen LogP contribution in [0.15, 0.2) is 35.5 Å². The summed E-state index contributed by atoms with van der Waals surface area (Å²) in [6.07, 6.45) is 5.77. The van der Waals surface area contributed by atoms with Crippen LogP contribution in [0.1, 0.15) is 37.7 Å². The molecule has 0 unspecified atom stereocenters. The zero-order valence-electron chi connectivity index (χ0n) is 10.7. The Bertz CT molecular complexity index is 438. The molecule has 0 aromatic heterocycles. The van der Waals surface area contributed by atoms with Gasteiger partial charge in [0.2, 0.25) is 5.72 Å². The van der Waals surface area contributed by atoms with Crippen LogP contribution in [0, 0.1) is 0 Å². The Morgan fingerprint density at radius 2 is 1.89 bits per heavy atom. The molecule has 1 aliphatic carbocycles. The number of hydrogen-bond acceptors (Lipinski definition) is 4. The van der Waals surface area contributed by atoms with Gasteiger partial charge in [0.25, 0.3) is 0 Å². The highest BCUT2D eigenvalue weighted by molar-refractivity contribution is 5.98. The third kappa shape index (κ3) is 2.08. The Kier molecular flexibility index (Phi) is 2.96. The van der Waals surface area contributed by atoms with Crippen molar-refractivity contribution in [3.05, 3.63) is 35.9 Å². The molecule has 1 N–H and O–H groups in total. The summed E-state index contributed by atoms with van der Waals surface area (Å²) in [5.41, 5.74) is 4.26. The van der Waals surface area contributed by atoms with Crippen LogP contribution in [0.3, 0.4) is 0 Å². The van der Waals surface area contributed by atoms with Gasteiger partial charge in [0.1, 0.15) is 0 Å². The second-order valence-corrected chi connectivity index (χ2v) is 5.10. The first-order valence-electron chi connectivity index (χ1n) is 6.62. The van der Waals surface area contributed by atoms with Gasteiger partial charge in [-0.3, -0.25) is 5.01 Å². The summed E-state index contributed by atoms with van der Waals surface area (Å²) >= 11 is 0. The molecule has 1 heterocycles. The molecule has 0 atom stereocenters. The van der Waals surface area contributed by atoms with Crippen molar-refractivity contribution in [3.63, 3.8) is 0 Å². The number of nitrogens with zero attached hydrogens (tertiary/aromatic N) is 2. The Hall–Kier alpha value is -1.55. The van der Waals surface area contributed by atoms with Crippen molar-refractivity contribution in [2.24, 2.45) is 5.16 Å². The van der Waals surface area contributed by atoms with Gasteiger partial charge < -0.3 is 4.84 Å². The summed E-state index contributed by atoms with van der Waals surface area (Å²) in [5, 5.41) is 6.33. The Labute approximate surface area is 108 Å². The van der Waals surface area contributed by atoms with Crippen LogP contribution < -0.4 is 5.43 Å². The van der Waals surface area contributed by atoms with Crippen LogP contribution >= 0.6 is 0 Å². The van der Waals surface area contributed by atoms with E-state index in [1.54, 1.807) is 0 Å². The van der Waals surface area contributed by atoms with E-state index in [1.165, 1.54) is 19.3 Å². The molecule has 0 radical (unpaired) electrons. The normalized spacial score (nSPS) is 22.5. The largest absolute Gasteiger partial charge is 0.370 e. The lowest BCUT2D eigenvalue weighted by molar-refractivity contribution is -0.136. The summed E-state index contributed by atoms with van der Waals surface area (Å²) in [6, 6.07) is 10.1. The molecule has 18 heavy (non-hydrogen) atoms. The molecule has 1 aromatic rings. The second-order valence-electron chi connectivity index (χ2n) is 5.10. The average Bonchev–Trinajstić information content (AvgIpc) is 2.41. The van der Waals surface area contributed by atoms with Gasteiger partial charge in [-0.15, -0.1) is 0 Å². The van der Waals surface area contributed by atoms with Gasteiger partial charge in [0.05, 0.1) is 0 Å². The molecule has 1 aromatic carbocycles. The fraction of sp³-hybridized carbons (Fsp3) is 0.500. The fourth-order valence-corrected chi connectivity index (χ4v) is 2.73. The molecule has 0 bridgehead atoms. The smallest absolute Gasteiger partial charge is 0.205 e. The van der Waals surface area contributed by atoms with Crippen molar-refractivity contribution in [1.29, 1.82) is 0 Å². The van der Waals surface area contributed by atoms with Crippen molar-refractivity contribution in [2.45, 2.75) is 37.8 Å². The van der Waals surface area contributed by atoms with Crippen molar-refractivity contribution in [1.82, 2.24) is 10.4 Å². The summed E-state index contributed by atoms with van der Waals surface area (Å²) in [5.74, 6) is 0.840. The molecule has 1 fully saturated rings. The molecule has 4 nitrogen and oxygen atoms in total. The average molecular weight is 245 g/mol. The number of amidine groups is 1. The van der Waals surface area contributed by atoms with Crippen molar-refractivity contribution < 1.29 is 4.84 Å². The molecule has 4 heteroatoms. The van der Waals surface area contributed by atoms with E-state index in [1.807, 2.05) is 42.4 Å². The maximum absolute atomic E-state index is 5.78. The minimum absolute atomic E-state index is 0.273. The topological polar surface area (TPSA) is 36.9 Å². The number of rotatable bonds is 1. The minimum Gasteiger partial charge on any atom is -0.370 e. The SMILES string of the molecule is CN1NC2(CCCCC2)ON=C1c1ccccc1. The van der Waals surface area contributed by atoms with Crippen LogP contribution in [0.5, 0.6) is 0 Å². The Balaban J connectivity index is 1.83. The summed E-state index contributed by atoms with van der Waals surface area (Å²) < 4.78 is 0. The highest BCUT2D eigenvalue weighted by atomic mass is 16.7. The van der Waals surface area contributed by atoms with E-state index in [0.717, 1.165) is 24.2 Å². The lowest BCUT2D eigenvalue weighted by Crippen LogP contribution is -2.59. The predicted octanol–water partition coefficient (Wildman–Crippen LogP) is 2.48. The third-order valence-corrected chi connectivity index (χ3v) is 3.69. The van der Waals surface area contributed by atoms with E-state index in [2.05, 4.69) is 10.6 Å². The Morgan fingerprint density at radius 1 is 1.17 bits per heavy atom. The third-order valence-electron chi connectivity index (χ3n) is 3.69. The number of hydrazine groups is 1. The van der Waals surface area contributed by atoms with Crippen LogP contribution in [0.25, 0.3) is 0 Å². The van der Waals surface area contributed by atoms with E-state index in [-0.39, 0.29) is 5.72 Å². The molecule has 1 saturated carbocycles. The van der Waals surface area contributed by atoms with E-state index in [0.29, 0.717) is 0 Å². The van der Waals surface area contributed by atoms with Crippen LogP contribution in [-0.4, -0.2) is 23.6 Å². The highest BCUT2D eigenvalue weighted by Gasteiger charge is 2.39. The number of nitrogens with one attached hydrogen (secondary N) is 1. The minimum atomic E-state index is -0.273. The summed E-state index contributed by atoms with van der Waals surface area (Å²) in [4.78, 5) is 5.78. The Morgan fingerprint density at radius 3 is 2.56 bits per heavy atom. The highest BCUT2D eigenvalue weighted by Crippen LogP contribution is 2.31. The van der Waals surface area contributed by atoms with E-state index < -0.39 is 0 Å². The van der Waals surface area contributed by atoms with Gasteiger partial charge in [0, 0.05) is 25.5 Å². The predicted molar refractivity (Wildman–Crippen MR) is 70.8 cm³/mol. The van der Waals surface area contributed by atoms with Gasteiger partial charge in [-0.25, -0.2) is 0 Å². The second kappa shape index (κ2) is 4.61. The fourth-order valence-electron chi connectivity index (χ4n) is 2.73. The summed E-state index contributed by atoms with van der Waals surface area (Å²) in [7, 11) is 2.00. The lowest BCUT2D eigenvalue weighted by Gasteiger charge is -2.42. The van der Waals surface area contributed by atoms with Gasteiger partial charge in [-0.1, -0.05) is 41.9 Å². The number of hydrogen-bond donors (Lipinski definition) is 1. The standard InChI is InChI=1S/C14H19N3O/c1-17-13(12-8-4-2-5-9-12)15-18-14(16-17)10-6-3-7-11-14/h2,4-5,8-9,16H,3,6-7,10-11H2,1H3. The molecule has 2 aliphatic rings. The zero-order chi connectivity index (χ0) is 12.4. The monoisotopic (exact) mass is 245 g/mol. The maximum Gasteiger partial charge on any atom is 0.205 e. The van der Waals surface area contributed by atoms with Crippen LogP contribution in [0.2, 0.25) is 0 Å².